The molecule has 0 unspecified atom stereocenters. The number of hydrogen-bond donors (Lipinski definition) is 1. The quantitative estimate of drug-likeness (QED) is 0.902. The van der Waals surface area contributed by atoms with Gasteiger partial charge in [0.25, 0.3) is 5.89 Å². The molecule has 23 heavy (non-hydrogen) atoms. The van der Waals surface area contributed by atoms with E-state index in [9.17, 15) is 0 Å². The maximum atomic E-state index is 6.18. The van der Waals surface area contributed by atoms with E-state index in [1.165, 1.54) is 0 Å². The molecule has 1 saturated carbocycles. The number of hydrogen-bond acceptors (Lipinski definition) is 6. The van der Waals surface area contributed by atoms with Gasteiger partial charge in [-0.05, 0) is 43.0 Å². The van der Waals surface area contributed by atoms with Crippen LogP contribution in [0.2, 0.25) is 0 Å². The third-order valence-corrected chi connectivity index (χ3v) is 3.96. The molecule has 1 heterocycles. The molecule has 1 aromatic heterocycles. The molecule has 1 fully saturated rings. The molecule has 0 saturated heterocycles. The predicted octanol–water partition coefficient (Wildman–Crippen LogP) is 3.02. The molecule has 0 bridgehead atoms. The van der Waals surface area contributed by atoms with E-state index in [1.54, 1.807) is 20.3 Å². The van der Waals surface area contributed by atoms with Crippen molar-refractivity contribution in [3.8, 4) is 11.5 Å². The molecule has 0 radical (unpaired) electrons. The predicted molar refractivity (Wildman–Crippen MR) is 89.7 cm³/mol. The first-order valence-electron chi connectivity index (χ1n) is 7.18. The van der Waals surface area contributed by atoms with Crippen LogP contribution in [-0.2, 0) is 5.54 Å². The molecule has 0 spiro atoms. The molecule has 2 aromatic rings. The van der Waals surface area contributed by atoms with Gasteiger partial charge in [0.2, 0.25) is 0 Å². The zero-order chi connectivity index (χ0) is 15.6. The lowest BCUT2D eigenvalue weighted by atomic mass is 9.77. The summed E-state index contributed by atoms with van der Waals surface area (Å²) in [6.45, 7) is 0. The fraction of sp³-hybridized carbons (Fsp3) is 0.375. The Morgan fingerprint density at radius 3 is 2.52 bits per heavy atom. The van der Waals surface area contributed by atoms with Gasteiger partial charge in [-0.2, -0.15) is 4.98 Å². The smallest absolute Gasteiger partial charge is 0.250 e. The van der Waals surface area contributed by atoms with Gasteiger partial charge in [0, 0.05) is 6.08 Å². The molecular formula is C16H20ClN3O3. The topological polar surface area (TPSA) is 83.4 Å². The van der Waals surface area contributed by atoms with E-state index in [0.717, 1.165) is 24.8 Å². The van der Waals surface area contributed by atoms with Crippen LogP contribution in [0.25, 0.3) is 12.2 Å². The Balaban J connectivity index is 0.00000192. The summed E-state index contributed by atoms with van der Waals surface area (Å²) < 4.78 is 15.7. The maximum absolute atomic E-state index is 6.18. The van der Waals surface area contributed by atoms with Gasteiger partial charge >= 0.3 is 0 Å². The fourth-order valence-corrected chi connectivity index (χ4v) is 2.41. The Hall–Kier alpha value is -2.05. The van der Waals surface area contributed by atoms with E-state index in [1.807, 2.05) is 24.3 Å². The number of nitrogens with zero attached hydrogens (tertiary/aromatic N) is 2. The first-order valence-corrected chi connectivity index (χ1v) is 7.18. The van der Waals surface area contributed by atoms with E-state index >= 15 is 0 Å². The second-order valence-corrected chi connectivity index (χ2v) is 5.41. The SMILES string of the molecule is COc1ccc(/C=C/c2nc(C3(N)CCC3)no2)cc1OC.Cl. The number of nitrogens with two attached hydrogens (primary N) is 1. The van der Waals surface area contributed by atoms with Gasteiger partial charge in [0.15, 0.2) is 17.3 Å². The van der Waals surface area contributed by atoms with Crippen molar-refractivity contribution in [2.45, 2.75) is 24.8 Å². The van der Waals surface area contributed by atoms with Crippen molar-refractivity contribution < 1.29 is 14.0 Å². The molecule has 0 atom stereocenters. The Labute approximate surface area is 141 Å². The van der Waals surface area contributed by atoms with Gasteiger partial charge in [-0.25, -0.2) is 0 Å². The second-order valence-electron chi connectivity index (χ2n) is 5.41. The Kier molecular flexibility index (Phi) is 5.28. The summed E-state index contributed by atoms with van der Waals surface area (Å²) in [6.07, 6.45) is 6.57. The number of rotatable bonds is 5. The van der Waals surface area contributed by atoms with Crippen molar-refractivity contribution in [2.24, 2.45) is 5.73 Å². The molecule has 1 aromatic carbocycles. The normalized spacial score (nSPS) is 15.8. The average Bonchev–Trinajstić information content (AvgIpc) is 2.99. The van der Waals surface area contributed by atoms with Crippen molar-refractivity contribution in [1.82, 2.24) is 10.1 Å². The standard InChI is InChI=1S/C16H19N3O3.ClH/c1-20-12-6-4-11(10-13(12)21-2)5-7-14-18-15(19-22-14)16(17)8-3-9-16;/h4-7,10H,3,8-9,17H2,1-2H3;1H/b7-5+;. The highest BCUT2D eigenvalue weighted by atomic mass is 35.5. The van der Waals surface area contributed by atoms with Crippen molar-refractivity contribution in [3.05, 3.63) is 35.5 Å². The highest BCUT2D eigenvalue weighted by Gasteiger charge is 2.38. The van der Waals surface area contributed by atoms with Gasteiger partial charge in [-0.15, -0.1) is 12.4 Å². The van der Waals surface area contributed by atoms with Gasteiger partial charge in [0.1, 0.15) is 0 Å². The van der Waals surface area contributed by atoms with Crippen LogP contribution in [0.4, 0.5) is 0 Å². The highest BCUT2D eigenvalue weighted by molar-refractivity contribution is 5.85. The van der Waals surface area contributed by atoms with Crippen molar-refractivity contribution in [3.63, 3.8) is 0 Å². The number of aromatic nitrogens is 2. The molecule has 0 amide bonds. The fourth-order valence-electron chi connectivity index (χ4n) is 2.41. The summed E-state index contributed by atoms with van der Waals surface area (Å²) in [5, 5.41) is 3.98. The zero-order valence-electron chi connectivity index (χ0n) is 13.1. The minimum Gasteiger partial charge on any atom is -0.493 e. The van der Waals surface area contributed by atoms with Gasteiger partial charge in [-0.1, -0.05) is 11.2 Å². The molecule has 1 aliphatic carbocycles. The van der Waals surface area contributed by atoms with Crippen LogP contribution in [-0.4, -0.2) is 24.4 Å². The van der Waals surface area contributed by atoms with Crippen LogP contribution in [0.15, 0.2) is 22.7 Å². The minimum absolute atomic E-state index is 0. The Bertz CT molecular complexity index is 696. The van der Waals surface area contributed by atoms with Crippen molar-refractivity contribution >= 4 is 24.6 Å². The third kappa shape index (κ3) is 3.48. The summed E-state index contributed by atoms with van der Waals surface area (Å²) in [5.74, 6) is 2.40. The van der Waals surface area contributed by atoms with Crippen LogP contribution in [0.3, 0.4) is 0 Å². The van der Waals surface area contributed by atoms with Gasteiger partial charge < -0.3 is 19.7 Å². The lowest BCUT2D eigenvalue weighted by molar-refractivity contribution is 0.229. The summed E-state index contributed by atoms with van der Waals surface area (Å²) >= 11 is 0. The largest absolute Gasteiger partial charge is 0.493 e. The summed E-state index contributed by atoms with van der Waals surface area (Å²) in [6, 6.07) is 5.65. The van der Waals surface area contributed by atoms with Crippen LogP contribution < -0.4 is 15.2 Å². The summed E-state index contributed by atoms with van der Waals surface area (Å²) in [5.41, 5.74) is 6.72. The monoisotopic (exact) mass is 337 g/mol. The van der Waals surface area contributed by atoms with E-state index in [0.29, 0.717) is 23.2 Å². The third-order valence-electron chi connectivity index (χ3n) is 3.96. The number of halogens is 1. The molecule has 124 valence electrons. The number of ether oxygens (including phenoxy) is 2. The maximum Gasteiger partial charge on any atom is 0.250 e. The zero-order valence-corrected chi connectivity index (χ0v) is 13.9. The molecule has 1 aliphatic rings. The molecule has 3 rings (SSSR count). The first-order chi connectivity index (χ1) is 10.6. The van der Waals surface area contributed by atoms with E-state index in [2.05, 4.69) is 10.1 Å². The highest BCUT2D eigenvalue weighted by Crippen LogP contribution is 2.37. The number of methoxy groups -OCH3 is 2. The number of benzene rings is 1. The molecular weight excluding hydrogens is 318 g/mol. The molecule has 6 nitrogen and oxygen atoms in total. The molecule has 2 N–H and O–H groups in total. The van der Waals surface area contributed by atoms with Gasteiger partial charge in [-0.3, -0.25) is 0 Å². The Morgan fingerprint density at radius 2 is 1.91 bits per heavy atom. The summed E-state index contributed by atoms with van der Waals surface area (Å²) in [7, 11) is 3.21. The minimum atomic E-state index is -0.404. The first kappa shape index (κ1) is 17.3. The van der Waals surface area contributed by atoms with Crippen molar-refractivity contribution in [2.75, 3.05) is 14.2 Å². The van der Waals surface area contributed by atoms with Gasteiger partial charge in [0.05, 0.1) is 19.8 Å². The van der Waals surface area contributed by atoms with Crippen LogP contribution in [0, 0.1) is 0 Å². The molecule has 0 aliphatic heterocycles. The van der Waals surface area contributed by atoms with Crippen LogP contribution in [0.1, 0.15) is 36.5 Å². The summed E-state index contributed by atoms with van der Waals surface area (Å²) in [4.78, 5) is 4.35. The van der Waals surface area contributed by atoms with E-state index < -0.39 is 5.54 Å². The Morgan fingerprint density at radius 1 is 1.17 bits per heavy atom. The molecule has 7 heteroatoms. The lowest BCUT2D eigenvalue weighted by Crippen LogP contribution is -2.44. The average molecular weight is 338 g/mol. The van der Waals surface area contributed by atoms with Crippen molar-refractivity contribution in [1.29, 1.82) is 0 Å². The second kappa shape index (κ2) is 7.02. The van der Waals surface area contributed by atoms with Crippen LogP contribution >= 0.6 is 12.4 Å². The lowest BCUT2D eigenvalue weighted by Gasteiger charge is -2.34. The van der Waals surface area contributed by atoms with E-state index in [4.69, 9.17) is 19.7 Å². The van der Waals surface area contributed by atoms with Crippen LogP contribution in [0.5, 0.6) is 11.5 Å². The van der Waals surface area contributed by atoms with E-state index in [-0.39, 0.29) is 12.4 Å².